The van der Waals surface area contributed by atoms with Gasteiger partial charge in [0.1, 0.15) is 0 Å². The van der Waals surface area contributed by atoms with Crippen LogP contribution < -0.4 is 5.19 Å². The van der Waals surface area contributed by atoms with E-state index in [1.807, 2.05) is 63.5 Å². The minimum atomic E-state index is -1.23. The zero-order valence-corrected chi connectivity index (χ0v) is 33.8. The third-order valence-corrected chi connectivity index (χ3v) is 12.4. The van der Waals surface area contributed by atoms with E-state index in [1.54, 1.807) is 11.3 Å². The molecule has 253 valence electrons. The van der Waals surface area contributed by atoms with Gasteiger partial charge in [0.05, 0.1) is 13.6 Å². The van der Waals surface area contributed by atoms with E-state index in [2.05, 4.69) is 104 Å². The summed E-state index contributed by atoms with van der Waals surface area (Å²) in [6.45, 7) is 15.1. The SMILES string of the molecule is C[Si](C)(C)c1ccc(-c2[c-]cccc2)nc1.[2H]C(C)(C)c1cc(-c2[c-]ccc3c2sc2c4ccc(C)nc4c4ccccc4c32)ncc1CC.[Ir]. The first kappa shape index (κ1) is 34.4. The van der Waals surface area contributed by atoms with Crippen LogP contribution in [-0.2, 0) is 26.5 Å². The van der Waals surface area contributed by atoms with Crippen molar-refractivity contribution in [2.45, 2.75) is 59.7 Å². The molecule has 8 aromatic rings. The predicted octanol–water partition coefficient (Wildman–Crippen LogP) is 11.7. The van der Waals surface area contributed by atoms with Gasteiger partial charge in [-0.05, 0) is 74.5 Å². The molecule has 4 aromatic heterocycles. The van der Waals surface area contributed by atoms with Gasteiger partial charge in [-0.3, -0.25) is 4.98 Å². The van der Waals surface area contributed by atoms with Gasteiger partial charge >= 0.3 is 0 Å². The maximum atomic E-state index is 8.68. The standard InChI is InChI=1S/C30H25N2S.C14H16NSi.Ir/c1-5-19-16-31-26(15-25(19)17(2)3)22-11-8-12-23-27-20-9-6-7-10-21(20)28-24(14-13-18(4)32-28)30(27)33-29(22)23;1-16(2,3)13-9-10-14(15-11-13)12-7-5-4-6-8-12;/h6-10,12-17H,5H2,1-4H3;4-7,9-11H,1-3H3;/q2*-1;/i17D;;. The summed E-state index contributed by atoms with van der Waals surface area (Å²) in [5.41, 5.74) is 8.19. The molecule has 0 saturated heterocycles. The van der Waals surface area contributed by atoms with Crippen LogP contribution in [0.3, 0.4) is 0 Å². The van der Waals surface area contributed by atoms with E-state index in [-0.39, 0.29) is 20.1 Å². The average Bonchev–Trinajstić information content (AvgIpc) is 3.52. The fourth-order valence-electron chi connectivity index (χ4n) is 6.48. The Labute approximate surface area is 315 Å². The van der Waals surface area contributed by atoms with E-state index in [9.17, 15) is 0 Å². The van der Waals surface area contributed by atoms with Crippen molar-refractivity contribution in [1.82, 2.24) is 15.0 Å². The molecule has 0 aliphatic rings. The van der Waals surface area contributed by atoms with E-state index in [0.717, 1.165) is 51.3 Å². The van der Waals surface area contributed by atoms with Gasteiger partial charge in [-0.15, -0.1) is 59.7 Å². The number of thiophene rings is 1. The van der Waals surface area contributed by atoms with Crippen LogP contribution in [0.5, 0.6) is 0 Å². The van der Waals surface area contributed by atoms with E-state index in [1.165, 1.54) is 41.5 Å². The quantitative estimate of drug-likeness (QED) is 0.0983. The monoisotopic (exact) mass is 865 g/mol. The average molecular weight is 865 g/mol. The largest absolute Gasteiger partial charge is 0.305 e. The molecule has 6 heteroatoms. The molecule has 0 fully saturated rings. The number of rotatable bonds is 5. The van der Waals surface area contributed by atoms with Crippen molar-refractivity contribution < 1.29 is 21.5 Å². The number of hydrogen-bond donors (Lipinski definition) is 0. The van der Waals surface area contributed by atoms with Crippen molar-refractivity contribution in [1.29, 1.82) is 0 Å². The Bertz CT molecular complexity index is 2500. The number of pyridine rings is 3. The Morgan fingerprint density at radius 3 is 2.22 bits per heavy atom. The van der Waals surface area contributed by atoms with Crippen LogP contribution in [0.1, 0.15) is 44.9 Å². The van der Waals surface area contributed by atoms with Crippen molar-refractivity contribution in [2.75, 3.05) is 0 Å². The van der Waals surface area contributed by atoms with E-state index in [0.29, 0.717) is 0 Å². The van der Waals surface area contributed by atoms with Gasteiger partial charge < -0.3 is 9.97 Å². The van der Waals surface area contributed by atoms with Crippen LogP contribution in [0, 0.1) is 19.1 Å². The van der Waals surface area contributed by atoms with Gasteiger partial charge in [0.15, 0.2) is 0 Å². The van der Waals surface area contributed by atoms with Crippen molar-refractivity contribution in [3.05, 3.63) is 132 Å². The number of aryl methyl sites for hydroxylation is 2. The Morgan fingerprint density at radius 1 is 0.780 bits per heavy atom. The summed E-state index contributed by atoms with van der Waals surface area (Å²) in [5, 5.41) is 7.50. The van der Waals surface area contributed by atoms with Crippen LogP contribution in [0.15, 0.2) is 103 Å². The third-order valence-electron chi connectivity index (χ3n) is 9.16. The molecule has 0 saturated carbocycles. The minimum absolute atomic E-state index is 0. The molecule has 8 rings (SSSR count). The fourth-order valence-corrected chi connectivity index (χ4v) is 8.86. The molecule has 3 nitrogen and oxygen atoms in total. The number of hydrogen-bond acceptors (Lipinski definition) is 4. The maximum Gasteiger partial charge on any atom is 0.0797 e. The molecule has 4 aromatic carbocycles. The first-order valence-electron chi connectivity index (χ1n) is 17.4. The number of aromatic nitrogens is 3. The number of nitrogens with zero attached hydrogens (tertiary/aromatic N) is 3. The van der Waals surface area contributed by atoms with Gasteiger partial charge in [-0.2, -0.15) is 11.3 Å². The van der Waals surface area contributed by atoms with Crippen molar-refractivity contribution in [3.8, 4) is 22.5 Å². The second-order valence-corrected chi connectivity index (χ2v) is 19.9. The van der Waals surface area contributed by atoms with Crippen molar-refractivity contribution in [2.24, 2.45) is 0 Å². The second kappa shape index (κ2) is 14.7. The first-order chi connectivity index (χ1) is 23.9. The summed E-state index contributed by atoms with van der Waals surface area (Å²) in [6.07, 6.45) is 4.83. The molecule has 0 spiro atoms. The zero-order chi connectivity index (χ0) is 35.2. The molecule has 0 unspecified atom stereocenters. The Balaban J connectivity index is 0.000000222. The van der Waals surface area contributed by atoms with Crippen LogP contribution in [0.4, 0.5) is 0 Å². The molecule has 4 heterocycles. The normalized spacial score (nSPS) is 12.1. The fraction of sp³-hybridized carbons (Fsp3) is 0.205. The third kappa shape index (κ3) is 6.83. The molecule has 1 radical (unpaired) electrons. The first-order valence-corrected chi connectivity index (χ1v) is 21.2. The van der Waals surface area contributed by atoms with Crippen LogP contribution in [0.25, 0.3) is 64.4 Å². The second-order valence-electron chi connectivity index (χ2n) is 13.8. The van der Waals surface area contributed by atoms with E-state index >= 15 is 0 Å². The van der Waals surface area contributed by atoms with Crippen LogP contribution in [0.2, 0.25) is 19.6 Å². The minimum Gasteiger partial charge on any atom is -0.305 e. The van der Waals surface area contributed by atoms with Crippen LogP contribution in [-0.4, -0.2) is 23.0 Å². The smallest absolute Gasteiger partial charge is 0.0797 e. The molecule has 0 N–H and O–H groups in total. The van der Waals surface area contributed by atoms with Crippen LogP contribution >= 0.6 is 11.3 Å². The predicted molar refractivity (Wildman–Crippen MR) is 214 cm³/mol. The summed E-state index contributed by atoms with van der Waals surface area (Å²) in [5.74, 6) is -0.687. The molecule has 0 atom stereocenters. The Kier molecular flexibility index (Phi) is 10.1. The van der Waals surface area contributed by atoms with Crippen molar-refractivity contribution >= 4 is 66.4 Å². The molecule has 50 heavy (non-hydrogen) atoms. The molecular weight excluding hydrogens is 823 g/mol. The van der Waals surface area contributed by atoms with Crippen molar-refractivity contribution in [3.63, 3.8) is 0 Å². The zero-order valence-electron chi connectivity index (χ0n) is 30.6. The van der Waals surface area contributed by atoms with Gasteiger partial charge in [0.25, 0.3) is 0 Å². The number of fused-ring (bicyclic) bond motifs is 8. The maximum absolute atomic E-state index is 8.68. The summed E-state index contributed by atoms with van der Waals surface area (Å²) >= 11 is 1.80. The van der Waals surface area contributed by atoms with E-state index < -0.39 is 14.0 Å². The number of benzene rings is 4. The molecule has 0 amide bonds. The Morgan fingerprint density at radius 2 is 1.54 bits per heavy atom. The molecule has 0 bridgehead atoms. The topological polar surface area (TPSA) is 38.7 Å². The molecular formula is C44H41IrN3SSi-2. The van der Waals surface area contributed by atoms with Gasteiger partial charge in [0, 0.05) is 55.0 Å². The van der Waals surface area contributed by atoms with E-state index in [4.69, 9.17) is 11.3 Å². The Hall–Kier alpha value is -4.06. The summed E-state index contributed by atoms with van der Waals surface area (Å²) in [6, 6.07) is 38.1. The summed E-state index contributed by atoms with van der Waals surface area (Å²) < 4.78 is 11.1. The van der Waals surface area contributed by atoms with Gasteiger partial charge in [-0.25, -0.2) is 0 Å². The van der Waals surface area contributed by atoms with Gasteiger partial charge in [0.2, 0.25) is 0 Å². The van der Waals surface area contributed by atoms with Gasteiger partial charge in [-0.1, -0.05) is 88.3 Å². The summed E-state index contributed by atoms with van der Waals surface area (Å²) in [4.78, 5) is 14.3. The summed E-state index contributed by atoms with van der Waals surface area (Å²) in [7, 11) is -1.23. The molecule has 0 aliphatic heterocycles. The molecule has 0 aliphatic carbocycles.